The predicted octanol–water partition coefficient (Wildman–Crippen LogP) is 3.03. The Morgan fingerprint density at radius 1 is 1.26 bits per heavy atom. The van der Waals surface area contributed by atoms with E-state index in [-0.39, 0.29) is 23.4 Å². The van der Waals surface area contributed by atoms with E-state index in [1.54, 1.807) is 16.8 Å². The normalized spacial score (nSPS) is 14.1. The molecule has 1 aliphatic heterocycles. The highest BCUT2D eigenvalue weighted by Crippen LogP contribution is 2.22. The van der Waals surface area contributed by atoms with Gasteiger partial charge in [0.05, 0.1) is 11.3 Å². The molecule has 0 radical (unpaired) electrons. The molecule has 34 heavy (non-hydrogen) atoms. The highest BCUT2D eigenvalue weighted by molar-refractivity contribution is 5.95. The highest BCUT2D eigenvalue weighted by atomic mass is 19.1. The van der Waals surface area contributed by atoms with Gasteiger partial charge in [-0.3, -0.25) is 19.2 Å². The lowest BCUT2D eigenvalue weighted by Crippen LogP contribution is -2.33. The minimum absolute atomic E-state index is 0.000229. The fourth-order valence-corrected chi connectivity index (χ4v) is 3.68. The van der Waals surface area contributed by atoms with Crippen LogP contribution >= 0.6 is 0 Å². The highest BCUT2D eigenvalue weighted by Gasteiger charge is 2.23. The molecule has 0 bridgehead atoms. The number of carbonyl (C=O) groups is 1. The van der Waals surface area contributed by atoms with Gasteiger partial charge in [0, 0.05) is 49.0 Å². The summed E-state index contributed by atoms with van der Waals surface area (Å²) in [7, 11) is 0. The van der Waals surface area contributed by atoms with Gasteiger partial charge in [0.15, 0.2) is 0 Å². The van der Waals surface area contributed by atoms with E-state index in [4.69, 9.17) is 4.74 Å². The molecule has 4 rings (SSSR count). The van der Waals surface area contributed by atoms with E-state index >= 15 is 0 Å². The van der Waals surface area contributed by atoms with Crippen LogP contribution in [0.5, 0.6) is 6.01 Å². The number of nitrogens with zero attached hydrogens (tertiary/aromatic N) is 5. The third-order valence-corrected chi connectivity index (χ3v) is 5.37. The fraction of sp³-hybridized carbons (Fsp3) is 0.348. The first-order chi connectivity index (χ1) is 16.3. The van der Waals surface area contributed by atoms with Crippen molar-refractivity contribution >= 4 is 11.7 Å². The van der Waals surface area contributed by atoms with Crippen molar-refractivity contribution in [2.75, 3.05) is 19.7 Å². The summed E-state index contributed by atoms with van der Waals surface area (Å²) in [4.78, 5) is 33.0. The van der Waals surface area contributed by atoms with Gasteiger partial charge >= 0.3 is 11.8 Å². The molecule has 0 fully saturated rings. The smallest absolute Gasteiger partial charge is 0.414 e. The van der Waals surface area contributed by atoms with Crippen LogP contribution in [0.3, 0.4) is 0 Å². The minimum atomic E-state index is -0.596. The van der Waals surface area contributed by atoms with Crippen molar-refractivity contribution in [3.63, 3.8) is 0 Å². The molecule has 0 saturated carbocycles. The van der Waals surface area contributed by atoms with Gasteiger partial charge in [0.1, 0.15) is 18.6 Å². The average molecular weight is 468 g/mol. The maximum atomic E-state index is 14.5. The van der Waals surface area contributed by atoms with Gasteiger partial charge in [-0.15, -0.1) is 0 Å². The van der Waals surface area contributed by atoms with Crippen LogP contribution in [0.2, 0.25) is 0 Å². The first-order valence-electron chi connectivity index (χ1n) is 10.9. The number of nitrogens with one attached hydrogen (secondary N) is 1. The molecular formula is C23H25FN6O4. The first-order valence-corrected chi connectivity index (χ1v) is 10.9. The van der Waals surface area contributed by atoms with Crippen LogP contribution in [0, 0.1) is 15.9 Å². The molecule has 178 valence electrons. The second-order valence-corrected chi connectivity index (χ2v) is 8.33. The third-order valence-electron chi connectivity index (χ3n) is 5.37. The molecule has 0 atom stereocenters. The van der Waals surface area contributed by atoms with E-state index in [1.165, 1.54) is 18.3 Å². The monoisotopic (exact) mass is 468 g/mol. The van der Waals surface area contributed by atoms with Gasteiger partial charge in [-0.2, -0.15) is 0 Å². The molecular weight excluding hydrogens is 443 g/mol. The lowest BCUT2D eigenvalue weighted by atomic mass is 10.1. The predicted molar refractivity (Wildman–Crippen MR) is 122 cm³/mol. The van der Waals surface area contributed by atoms with Crippen LogP contribution < -0.4 is 10.1 Å². The molecule has 0 saturated heterocycles. The number of nitro groups is 1. The lowest BCUT2D eigenvalue weighted by molar-refractivity contribution is -0.389. The van der Waals surface area contributed by atoms with Crippen LogP contribution in [0.25, 0.3) is 11.3 Å². The standard InChI is InChI=1S/C23H25FN6O4/c1-15(2)26-22(31)18-5-4-17(11-19(18)24)20-6-3-16(12-25-20)13-28-7-8-29-14-21(30(32)33)27-23(29)34-10-9-28/h3-6,11-12,14-15H,7-10,13H2,1-2H3,(H,26,31). The fourth-order valence-electron chi connectivity index (χ4n) is 3.68. The summed E-state index contributed by atoms with van der Waals surface area (Å²) in [5, 5.41) is 13.6. The molecule has 10 nitrogen and oxygen atoms in total. The number of hydrogen-bond donors (Lipinski definition) is 1. The average Bonchev–Trinajstić information content (AvgIpc) is 3.18. The van der Waals surface area contributed by atoms with Crippen molar-refractivity contribution in [1.82, 2.24) is 24.8 Å². The molecule has 0 aliphatic carbocycles. The number of aromatic nitrogens is 3. The summed E-state index contributed by atoms with van der Waals surface area (Å²) >= 11 is 0. The second kappa shape index (κ2) is 9.96. The van der Waals surface area contributed by atoms with Crippen LogP contribution in [-0.4, -0.2) is 56.0 Å². The van der Waals surface area contributed by atoms with Crippen LogP contribution in [-0.2, 0) is 13.1 Å². The van der Waals surface area contributed by atoms with E-state index in [0.717, 1.165) is 5.56 Å². The van der Waals surface area contributed by atoms with Crippen molar-refractivity contribution in [2.45, 2.75) is 33.0 Å². The summed E-state index contributed by atoms with van der Waals surface area (Å²) in [5.74, 6) is -1.27. The Hall–Kier alpha value is -3.86. The number of halogens is 1. The van der Waals surface area contributed by atoms with Crippen LogP contribution in [0.15, 0.2) is 42.7 Å². The maximum absolute atomic E-state index is 14.5. The molecule has 0 unspecified atom stereocenters. The van der Waals surface area contributed by atoms with E-state index in [1.807, 2.05) is 26.0 Å². The summed E-state index contributed by atoms with van der Waals surface area (Å²) in [6.07, 6.45) is 3.12. The van der Waals surface area contributed by atoms with Crippen molar-refractivity contribution in [1.29, 1.82) is 0 Å². The van der Waals surface area contributed by atoms with E-state index in [2.05, 4.69) is 20.2 Å². The molecule has 2 aromatic heterocycles. The van der Waals surface area contributed by atoms with E-state index < -0.39 is 16.6 Å². The molecule has 11 heteroatoms. The van der Waals surface area contributed by atoms with Crippen molar-refractivity contribution < 1.29 is 18.8 Å². The van der Waals surface area contributed by atoms with Gasteiger partial charge in [0.2, 0.25) is 0 Å². The Morgan fingerprint density at radius 2 is 2.09 bits per heavy atom. The lowest BCUT2D eigenvalue weighted by Gasteiger charge is -2.24. The Morgan fingerprint density at radius 3 is 2.76 bits per heavy atom. The number of benzene rings is 1. The number of fused-ring (bicyclic) bond motifs is 1. The third kappa shape index (κ3) is 5.37. The topological polar surface area (TPSA) is 115 Å². The van der Waals surface area contributed by atoms with E-state index in [0.29, 0.717) is 44.0 Å². The Labute approximate surface area is 195 Å². The molecule has 0 spiro atoms. The number of ether oxygens (including phenoxy) is 1. The van der Waals surface area contributed by atoms with Gasteiger partial charge in [-0.05, 0) is 42.5 Å². The quantitative estimate of drug-likeness (QED) is 0.437. The molecule has 3 heterocycles. The number of amides is 1. The zero-order valence-corrected chi connectivity index (χ0v) is 18.9. The van der Waals surface area contributed by atoms with Crippen molar-refractivity contribution in [3.8, 4) is 17.3 Å². The Kier molecular flexibility index (Phi) is 6.82. The summed E-state index contributed by atoms with van der Waals surface area (Å²) < 4.78 is 21.7. The number of carbonyl (C=O) groups excluding carboxylic acids is 1. The first kappa shape index (κ1) is 23.3. The summed E-state index contributed by atoms with van der Waals surface area (Å²) in [6, 6.07) is 8.38. The Balaban J connectivity index is 1.40. The Bertz CT molecular complexity index is 1190. The van der Waals surface area contributed by atoms with Gasteiger partial charge in [-0.1, -0.05) is 12.1 Å². The van der Waals surface area contributed by atoms with E-state index in [9.17, 15) is 19.3 Å². The van der Waals surface area contributed by atoms with Crippen LogP contribution in [0.1, 0.15) is 29.8 Å². The number of pyridine rings is 1. The molecule has 1 amide bonds. The maximum Gasteiger partial charge on any atom is 0.414 e. The van der Waals surface area contributed by atoms with Gasteiger partial charge < -0.3 is 20.2 Å². The summed E-state index contributed by atoms with van der Waals surface area (Å²) in [5.41, 5.74) is 2.15. The molecule has 1 aliphatic rings. The number of rotatable bonds is 6. The second-order valence-electron chi connectivity index (χ2n) is 8.33. The SMILES string of the molecule is CC(C)NC(=O)c1ccc(-c2ccc(CN3CCOc4nc([N+](=O)[O-])cn4CC3)cn2)cc1F. The number of imidazole rings is 1. The van der Waals surface area contributed by atoms with Crippen molar-refractivity contribution in [2.24, 2.45) is 0 Å². The molecule has 1 aromatic carbocycles. The van der Waals surface area contributed by atoms with Gasteiger partial charge in [0.25, 0.3) is 5.91 Å². The zero-order chi connectivity index (χ0) is 24.2. The zero-order valence-electron chi connectivity index (χ0n) is 18.9. The largest absolute Gasteiger partial charge is 0.444 e. The minimum Gasteiger partial charge on any atom is -0.444 e. The van der Waals surface area contributed by atoms with Crippen LogP contribution in [0.4, 0.5) is 10.2 Å². The molecule has 3 aromatic rings. The van der Waals surface area contributed by atoms with Crippen molar-refractivity contribution in [3.05, 3.63) is 69.8 Å². The molecule has 1 N–H and O–H groups in total. The summed E-state index contributed by atoms with van der Waals surface area (Å²) in [6.45, 7) is 6.41. The number of hydrogen-bond acceptors (Lipinski definition) is 7. The van der Waals surface area contributed by atoms with Gasteiger partial charge in [-0.25, -0.2) is 4.39 Å².